The fourth-order valence-corrected chi connectivity index (χ4v) is 4.06. The maximum atomic E-state index is 13.4. The van der Waals surface area contributed by atoms with Gasteiger partial charge in [-0.2, -0.15) is 0 Å². The van der Waals surface area contributed by atoms with E-state index in [9.17, 15) is 19.4 Å². The predicted molar refractivity (Wildman–Crippen MR) is 132 cm³/mol. The van der Waals surface area contributed by atoms with Crippen molar-refractivity contribution in [2.45, 2.75) is 26.0 Å². The van der Waals surface area contributed by atoms with Crippen LogP contribution in [0.15, 0.2) is 54.7 Å². The topological polar surface area (TPSA) is 130 Å². The van der Waals surface area contributed by atoms with Crippen molar-refractivity contribution in [3.8, 4) is 11.3 Å². The Morgan fingerprint density at radius 3 is 2.66 bits per heavy atom. The summed E-state index contributed by atoms with van der Waals surface area (Å²) < 4.78 is 13.4. The third-order valence-electron chi connectivity index (χ3n) is 5.84. The third-order valence-corrected chi connectivity index (χ3v) is 5.84. The van der Waals surface area contributed by atoms with Crippen LogP contribution in [0.1, 0.15) is 28.4 Å². The minimum absolute atomic E-state index is 0.0267. The predicted octanol–water partition coefficient (Wildman–Crippen LogP) is 3.82. The Morgan fingerprint density at radius 1 is 1.20 bits per heavy atom. The molecular formula is C26H27FN4O4. The van der Waals surface area contributed by atoms with Gasteiger partial charge in [-0.05, 0) is 59.5 Å². The number of rotatable bonds is 10. The van der Waals surface area contributed by atoms with Crippen LogP contribution in [0, 0.1) is 5.82 Å². The highest BCUT2D eigenvalue weighted by Crippen LogP contribution is 2.34. The van der Waals surface area contributed by atoms with E-state index in [0.29, 0.717) is 35.4 Å². The molecule has 182 valence electrons. The summed E-state index contributed by atoms with van der Waals surface area (Å²) in [5, 5.41) is 35.5. The molecule has 0 fully saturated rings. The molecule has 1 atom stereocenters. The monoisotopic (exact) mass is 478 g/mol. The van der Waals surface area contributed by atoms with E-state index >= 15 is 0 Å². The lowest BCUT2D eigenvalue weighted by molar-refractivity contribution is 0.0697. The number of aliphatic hydroxyl groups is 2. The molecule has 0 bridgehead atoms. The number of nitrogens with zero attached hydrogens (tertiary/aromatic N) is 1. The van der Waals surface area contributed by atoms with Gasteiger partial charge < -0.3 is 30.9 Å². The normalized spacial score (nSPS) is 12.1. The number of fused-ring (bicyclic) bond motifs is 1. The van der Waals surface area contributed by atoms with Gasteiger partial charge in [0.25, 0.3) is 0 Å². The van der Waals surface area contributed by atoms with Crippen LogP contribution in [0.5, 0.6) is 0 Å². The molecule has 0 radical (unpaired) electrons. The van der Waals surface area contributed by atoms with Gasteiger partial charge in [0.1, 0.15) is 17.0 Å². The van der Waals surface area contributed by atoms with E-state index in [1.54, 1.807) is 18.2 Å². The van der Waals surface area contributed by atoms with Gasteiger partial charge in [0.05, 0.1) is 18.4 Å². The summed E-state index contributed by atoms with van der Waals surface area (Å²) in [6.45, 7) is 2.42. The van der Waals surface area contributed by atoms with Crippen molar-refractivity contribution < 1.29 is 24.5 Å². The molecule has 9 heteroatoms. The molecule has 0 aliphatic rings. The number of aliphatic hydroxyl groups excluding tert-OH is 2. The van der Waals surface area contributed by atoms with Gasteiger partial charge in [0.15, 0.2) is 0 Å². The molecule has 0 amide bonds. The Bertz CT molecular complexity index is 1340. The van der Waals surface area contributed by atoms with Crippen LogP contribution in [0.25, 0.3) is 22.3 Å². The van der Waals surface area contributed by atoms with Crippen LogP contribution in [-0.4, -0.2) is 50.5 Å². The molecule has 1 unspecified atom stereocenters. The number of carboxylic acid groups (broad SMARTS) is 1. The van der Waals surface area contributed by atoms with E-state index in [2.05, 4.69) is 20.6 Å². The fourth-order valence-electron chi connectivity index (χ4n) is 4.06. The van der Waals surface area contributed by atoms with Crippen LogP contribution in [0.3, 0.4) is 0 Å². The maximum Gasteiger partial charge on any atom is 0.339 e. The number of nitrogens with one attached hydrogen (secondary N) is 3. The van der Waals surface area contributed by atoms with Crippen molar-refractivity contribution in [3.63, 3.8) is 0 Å². The number of hydrogen-bond acceptors (Lipinski definition) is 6. The third kappa shape index (κ3) is 5.32. The number of hydrogen-bond donors (Lipinski definition) is 6. The van der Waals surface area contributed by atoms with Crippen LogP contribution in [0.4, 0.5) is 15.8 Å². The minimum Gasteiger partial charge on any atom is -0.478 e. The van der Waals surface area contributed by atoms with E-state index in [0.717, 1.165) is 22.4 Å². The number of carboxylic acids is 1. The Kier molecular flexibility index (Phi) is 7.40. The lowest BCUT2D eigenvalue weighted by Gasteiger charge is -2.18. The van der Waals surface area contributed by atoms with Crippen molar-refractivity contribution >= 4 is 28.4 Å². The number of benzene rings is 2. The summed E-state index contributed by atoms with van der Waals surface area (Å²) in [6.07, 6.45) is 1.16. The van der Waals surface area contributed by atoms with Crippen molar-refractivity contribution in [2.75, 3.05) is 18.5 Å². The molecule has 0 saturated heterocycles. The maximum absolute atomic E-state index is 13.4. The zero-order valence-electron chi connectivity index (χ0n) is 19.2. The molecule has 0 aliphatic heterocycles. The second kappa shape index (κ2) is 10.6. The number of pyridine rings is 1. The lowest BCUT2D eigenvalue weighted by atomic mass is 10.0. The van der Waals surface area contributed by atoms with Gasteiger partial charge in [0.2, 0.25) is 0 Å². The highest BCUT2D eigenvalue weighted by atomic mass is 19.1. The summed E-state index contributed by atoms with van der Waals surface area (Å²) in [4.78, 5) is 19.5. The first-order valence-corrected chi connectivity index (χ1v) is 11.3. The first-order valence-electron chi connectivity index (χ1n) is 11.3. The van der Waals surface area contributed by atoms with Crippen molar-refractivity contribution in [1.29, 1.82) is 0 Å². The molecule has 0 saturated carbocycles. The zero-order chi connectivity index (χ0) is 24.9. The number of H-pyrrole nitrogens is 1. The molecule has 35 heavy (non-hydrogen) atoms. The van der Waals surface area contributed by atoms with Crippen LogP contribution in [-0.2, 0) is 13.0 Å². The van der Waals surface area contributed by atoms with Gasteiger partial charge in [-0.15, -0.1) is 0 Å². The van der Waals surface area contributed by atoms with Gasteiger partial charge in [0, 0.05) is 36.1 Å². The molecule has 0 aliphatic carbocycles. The Balaban J connectivity index is 1.73. The summed E-state index contributed by atoms with van der Waals surface area (Å²) in [5.74, 6) is -1.45. The summed E-state index contributed by atoms with van der Waals surface area (Å²) in [5.41, 5.74) is 5.12. The Morgan fingerprint density at radius 2 is 1.97 bits per heavy atom. The molecule has 2 aromatic heterocycles. The van der Waals surface area contributed by atoms with E-state index in [1.807, 2.05) is 25.1 Å². The van der Waals surface area contributed by atoms with Crippen LogP contribution < -0.4 is 10.6 Å². The standard InChI is InChI=1S/C26H27FN4O4/c1-2-19-16(11-28-12-18(33)14-32)4-3-5-22(19)30-24-20-10-23(15-6-8-17(27)9-7-15)31-25(20)29-13-21(24)26(34)35/h3-10,13,18,28,32-33H,2,11-12,14H2,1H3,(H,34,35)(H2,29,30,31). The zero-order valence-corrected chi connectivity index (χ0v) is 19.2. The Labute approximate surface area is 201 Å². The van der Waals surface area contributed by atoms with E-state index in [1.165, 1.54) is 18.3 Å². The molecule has 4 aromatic rings. The van der Waals surface area contributed by atoms with E-state index in [4.69, 9.17) is 5.11 Å². The molecule has 4 rings (SSSR count). The summed E-state index contributed by atoms with van der Waals surface area (Å²) >= 11 is 0. The number of halogens is 1. The molecular weight excluding hydrogens is 451 g/mol. The number of aromatic nitrogens is 2. The van der Waals surface area contributed by atoms with Gasteiger partial charge in [-0.3, -0.25) is 0 Å². The summed E-state index contributed by atoms with van der Waals surface area (Å²) in [6, 6.07) is 13.5. The average Bonchev–Trinajstić information content (AvgIpc) is 3.29. The van der Waals surface area contributed by atoms with Gasteiger partial charge in [-0.1, -0.05) is 19.1 Å². The number of aromatic carboxylic acids is 1. The second-order valence-corrected chi connectivity index (χ2v) is 8.19. The Hall–Kier alpha value is -3.79. The van der Waals surface area contributed by atoms with Gasteiger partial charge in [-0.25, -0.2) is 14.2 Å². The number of aromatic amines is 1. The van der Waals surface area contributed by atoms with Crippen LogP contribution >= 0.6 is 0 Å². The number of carbonyl (C=O) groups is 1. The molecule has 2 aromatic carbocycles. The van der Waals surface area contributed by atoms with Crippen molar-refractivity contribution in [3.05, 3.63) is 77.2 Å². The lowest BCUT2D eigenvalue weighted by Crippen LogP contribution is -2.29. The quantitative estimate of drug-likeness (QED) is 0.204. The average molecular weight is 479 g/mol. The van der Waals surface area contributed by atoms with E-state index < -0.39 is 12.1 Å². The molecule has 2 heterocycles. The SMILES string of the molecule is CCc1c(CNCC(O)CO)cccc1Nc1c(C(=O)O)cnc2[nH]c(-c3ccc(F)cc3)cc12. The largest absolute Gasteiger partial charge is 0.478 e. The highest BCUT2D eigenvalue weighted by Gasteiger charge is 2.19. The molecule has 0 spiro atoms. The first kappa shape index (κ1) is 24.3. The van der Waals surface area contributed by atoms with Crippen molar-refractivity contribution in [1.82, 2.24) is 15.3 Å². The smallest absolute Gasteiger partial charge is 0.339 e. The van der Waals surface area contributed by atoms with Crippen molar-refractivity contribution in [2.24, 2.45) is 0 Å². The minimum atomic E-state index is -1.11. The van der Waals surface area contributed by atoms with Gasteiger partial charge >= 0.3 is 5.97 Å². The fraction of sp³-hybridized carbons (Fsp3) is 0.231. The molecule has 8 nitrogen and oxygen atoms in total. The highest BCUT2D eigenvalue weighted by molar-refractivity contribution is 6.06. The second-order valence-electron chi connectivity index (χ2n) is 8.19. The van der Waals surface area contributed by atoms with Crippen LogP contribution in [0.2, 0.25) is 0 Å². The summed E-state index contributed by atoms with van der Waals surface area (Å²) in [7, 11) is 0. The first-order chi connectivity index (χ1) is 16.9. The van der Waals surface area contributed by atoms with E-state index in [-0.39, 0.29) is 24.5 Å². The molecule has 6 N–H and O–H groups in total. The number of anilines is 2.